The monoisotopic (exact) mass is 380 g/mol. The first-order chi connectivity index (χ1) is 12.5. The third-order valence-electron chi connectivity index (χ3n) is 3.60. The van der Waals surface area contributed by atoms with Crippen molar-refractivity contribution in [2.75, 3.05) is 5.43 Å². The number of hydrazone groups is 1. The predicted octanol–water partition coefficient (Wildman–Crippen LogP) is 4.25. The van der Waals surface area contributed by atoms with Crippen LogP contribution in [0, 0.1) is 12.1 Å². The smallest absolute Gasteiger partial charge is 0.269 e. The van der Waals surface area contributed by atoms with Gasteiger partial charge in [-0.2, -0.15) is 14.6 Å². The van der Waals surface area contributed by atoms with Crippen molar-refractivity contribution in [1.82, 2.24) is 19.7 Å². The Bertz CT molecular complexity index is 934. The molecule has 0 bridgehead atoms. The number of nitrogens with zero attached hydrogens (tertiary/aromatic N) is 5. The number of anilines is 1. The van der Waals surface area contributed by atoms with Crippen LogP contribution >= 0.6 is 11.3 Å². The molecule has 0 saturated carbocycles. The van der Waals surface area contributed by atoms with Crippen LogP contribution in [0.3, 0.4) is 0 Å². The summed E-state index contributed by atoms with van der Waals surface area (Å²) in [6.45, 7) is 4.43. The van der Waals surface area contributed by atoms with Gasteiger partial charge >= 0.3 is 0 Å². The van der Waals surface area contributed by atoms with Crippen LogP contribution < -0.4 is 5.43 Å². The van der Waals surface area contributed by atoms with Gasteiger partial charge in [-0.15, -0.1) is 11.3 Å². The van der Waals surface area contributed by atoms with Gasteiger partial charge in [0.2, 0.25) is 5.95 Å². The molecule has 0 radical (unpaired) electrons. The molecule has 3 aromatic heterocycles. The molecule has 0 fully saturated rings. The molecule has 0 aliphatic carbocycles. The number of alkyl halides is 2. The molecular formula is C16H15F3N6S. The van der Waals surface area contributed by atoms with Crippen LogP contribution in [0.1, 0.15) is 29.6 Å². The number of aryl methyl sites for hydroxylation is 1. The fourth-order valence-corrected chi connectivity index (χ4v) is 2.94. The first-order valence-electron chi connectivity index (χ1n) is 7.72. The maximum Gasteiger partial charge on any atom is 0.280 e. The van der Waals surface area contributed by atoms with E-state index in [4.69, 9.17) is 0 Å². The van der Waals surface area contributed by atoms with Gasteiger partial charge in [0.15, 0.2) is 5.13 Å². The van der Waals surface area contributed by atoms with E-state index in [0.29, 0.717) is 22.7 Å². The molecule has 136 valence electrons. The van der Waals surface area contributed by atoms with Crippen molar-refractivity contribution in [3.05, 3.63) is 45.8 Å². The van der Waals surface area contributed by atoms with Crippen molar-refractivity contribution < 1.29 is 13.2 Å². The number of hydrogen-bond donors (Lipinski definition) is 1. The van der Waals surface area contributed by atoms with E-state index in [9.17, 15) is 13.2 Å². The summed E-state index contributed by atoms with van der Waals surface area (Å²) in [6, 6.07) is 4.10. The van der Waals surface area contributed by atoms with Crippen LogP contribution in [0.4, 0.5) is 19.1 Å². The van der Waals surface area contributed by atoms with Crippen molar-refractivity contribution in [1.29, 1.82) is 0 Å². The van der Waals surface area contributed by atoms with Crippen molar-refractivity contribution in [2.45, 2.75) is 26.8 Å². The highest BCUT2D eigenvalue weighted by Gasteiger charge is 2.16. The highest BCUT2D eigenvalue weighted by atomic mass is 32.1. The summed E-state index contributed by atoms with van der Waals surface area (Å²) >= 11 is 0.910. The van der Waals surface area contributed by atoms with Crippen LogP contribution in [0.5, 0.6) is 0 Å². The van der Waals surface area contributed by atoms with Gasteiger partial charge in [0.05, 0.1) is 23.0 Å². The second-order valence-corrected chi connectivity index (χ2v) is 6.34. The molecule has 26 heavy (non-hydrogen) atoms. The zero-order chi connectivity index (χ0) is 18.7. The Balaban J connectivity index is 1.91. The van der Waals surface area contributed by atoms with E-state index in [1.54, 1.807) is 16.9 Å². The second kappa shape index (κ2) is 7.65. The standard InChI is InChI=1S/C16H15F3N6S/c1-3-25-9(2)11(8-21-25)12-6-13(15(18)19)23-16(22-12)24-20-7-10-4-5-14(17)26-10/h4-8,15H,3H2,1-2H3,(H,22,23,24)/b20-7-. The first-order valence-corrected chi connectivity index (χ1v) is 8.54. The van der Waals surface area contributed by atoms with Crippen molar-refractivity contribution in [3.8, 4) is 11.3 Å². The van der Waals surface area contributed by atoms with Crippen LogP contribution in [0.2, 0.25) is 0 Å². The topological polar surface area (TPSA) is 68.0 Å². The van der Waals surface area contributed by atoms with Crippen molar-refractivity contribution >= 4 is 23.5 Å². The Labute approximate surface area is 151 Å². The largest absolute Gasteiger partial charge is 0.280 e. The first kappa shape index (κ1) is 18.1. The highest BCUT2D eigenvalue weighted by molar-refractivity contribution is 7.12. The molecule has 0 atom stereocenters. The summed E-state index contributed by atoms with van der Waals surface area (Å²) in [5, 5.41) is 7.75. The quantitative estimate of drug-likeness (QED) is 0.513. The van der Waals surface area contributed by atoms with E-state index in [1.807, 2.05) is 13.8 Å². The minimum absolute atomic E-state index is 0.0743. The minimum atomic E-state index is -2.76. The Kier molecular flexibility index (Phi) is 5.31. The molecule has 0 saturated heterocycles. The highest BCUT2D eigenvalue weighted by Crippen LogP contribution is 2.26. The van der Waals surface area contributed by atoms with Crippen LogP contribution in [-0.2, 0) is 6.54 Å². The van der Waals surface area contributed by atoms with E-state index >= 15 is 0 Å². The summed E-state index contributed by atoms with van der Waals surface area (Å²) in [6.07, 6.45) is 0.193. The molecule has 0 aromatic carbocycles. The van der Waals surface area contributed by atoms with Gasteiger partial charge in [-0.05, 0) is 32.0 Å². The van der Waals surface area contributed by atoms with Gasteiger partial charge in [0, 0.05) is 17.8 Å². The number of aromatic nitrogens is 4. The summed E-state index contributed by atoms with van der Waals surface area (Å²) in [4.78, 5) is 8.57. The molecule has 0 aliphatic heterocycles. The van der Waals surface area contributed by atoms with Crippen molar-refractivity contribution in [3.63, 3.8) is 0 Å². The van der Waals surface area contributed by atoms with Gasteiger partial charge in [0.1, 0.15) is 5.69 Å². The number of halogens is 3. The summed E-state index contributed by atoms with van der Waals surface area (Å²) in [5.74, 6) is -0.0743. The fourth-order valence-electron chi connectivity index (χ4n) is 2.33. The van der Waals surface area contributed by atoms with Crippen LogP contribution in [0.15, 0.2) is 29.5 Å². The van der Waals surface area contributed by atoms with E-state index < -0.39 is 12.1 Å². The molecule has 0 aliphatic rings. The molecule has 0 amide bonds. The zero-order valence-electron chi connectivity index (χ0n) is 13.9. The molecule has 10 heteroatoms. The molecule has 0 spiro atoms. The maximum atomic E-state index is 13.2. The normalized spacial score (nSPS) is 11.6. The average molecular weight is 380 g/mol. The Hall–Kier alpha value is -2.75. The summed E-state index contributed by atoms with van der Waals surface area (Å²) in [7, 11) is 0. The maximum absolute atomic E-state index is 13.2. The van der Waals surface area contributed by atoms with Gasteiger partial charge in [-0.25, -0.2) is 24.2 Å². The van der Waals surface area contributed by atoms with Crippen LogP contribution in [-0.4, -0.2) is 26.0 Å². The Morgan fingerprint density at radius 2 is 2.15 bits per heavy atom. The molecule has 0 unspecified atom stereocenters. The summed E-state index contributed by atoms with van der Waals surface area (Å²) < 4.78 is 41.1. The number of hydrogen-bond acceptors (Lipinski definition) is 6. The third kappa shape index (κ3) is 3.90. The average Bonchev–Trinajstić information content (AvgIpc) is 3.20. The fraction of sp³-hybridized carbons (Fsp3) is 0.250. The van der Waals surface area contributed by atoms with E-state index in [0.717, 1.165) is 17.0 Å². The Morgan fingerprint density at radius 3 is 2.77 bits per heavy atom. The zero-order valence-corrected chi connectivity index (χ0v) is 14.8. The third-order valence-corrected chi connectivity index (χ3v) is 4.41. The number of rotatable bonds is 6. The molecule has 3 heterocycles. The van der Waals surface area contributed by atoms with Crippen LogP contribution in [0.25, 0.3) is 11.3 Å². The van der Waals surface area contributed by atoms with E-state index in [-0.39, 0.29) is 11.1 Å². The molecule has 3 rings (SSSR count). The van der Waals surface area contributed by atoms with E-state index in [2.05, 4.69) is 25.6 Å². The molecule has 1 N–H and O–H groups in total. The van der Waals surface area contributed by atoms with Gasteiger partial charge in [-0.1, -0.05) is 0 Å². The van der Waals surface area contributed by atoms with Gasteiger partial charge in [-0.3, -0.25) is 4.68 Å². The number of thiophene rings is 1. The second-order valence-electron chi connectivity index (χ2n) is 5.27. The van der Waals surface area contributed by atoms with E-state index in [1.165, 1.54) is 18.3 Å². The molecular weight excluding hydrogens is 365 g/mol. The lowest BCUT2D eigenvalue weighted by Gasteiger charge is -2.07. The van der Waals surface area contributed by atoms with Crippen molar-refractivity contribution in [2.24, 2.45) is 5.10 Å². The lowest BCUT2D eigenvalue weighted by molar-refractivity contribution is 0.146. The van der Waals surface area contributed by atoms with Gasteiger partial charge in [0.25, 0.3) is 6.43 Å². The molecule has 6 nitrogen and oxygen atoms in total. The lowest BCUT2D eigenvalue weighted by atomic mass is 10.1. The number of nitrogens with one attached hydrogen (secondary N) is 1. The molecule has 3 aromatic rings. The Morgan fingerprint density at radius 1 is 1.35 bits per heavy atom. The summed E-state index contributed by atoms with van der Waals surface area (Å²) in [5.41, 5.74) is 3.88. The lowest BCUT2D eigenvalue weighted by Crippen LogP contribution is -2.03. The minimum Gasteiger partial charge on any atom is -0.269 e. The van der Waals surface area contributed by atoms with Gasteiger partial charge < -0.3 is 0 Å². The predicted molar refractivity (Wildman–Crippen MR) is 94.1 cm³/mol. The SMILES string of the molecule is CCn1ncc(-c2cc(C(F)F)nc(N/N=C\c3ccc(F)s3)n2)c1C.